The van der Waals surface area contributed by atoms with Crippen LogP contribution >= 0.6 is 11.3 Å². The zero-order chi connectivity index (χ0) is 6.69. The van der Waals surface area contributed by atoms with Gasteiger partial charge in [-0.1, -0.05) is 0 Å². The number of hydrogen-bond acceptors (Lipinski definition) is 3. The first kappa shape index (κ1) is 6.16. The van der Waals surface area contributed by atoms with Crippen molar-refractivity contribution in [3.63, 3.8) is 0 Å². The fourth-order valence-corrected chi connectivity index (χ4v) is 1.19. The largest absolute Gasteiger partial charge is 0.297 e. The summed E-state index contributed by atoms with van der Waals surface area (Å²) in [5, 5.41) is 1.81. The summed E-state index contributed by atoms with van der Waals surface area (Å²) in [5.74, 6) is 0. The summed E-state index contributed by atoms with van der Waals surface area (Å²) in [6.45, 7) is 3.31. The second kappa shape index (κ2) is 2.55. The minimum absolute atomic E-state index is 0.644. The normalized spacial score (nSPS) is 8.89. The van der Waals surface area contributed by atoms with E-state index in [2.05, 4.69) is 11.7 Å². The SMILES string of the molecule is C=Nc1ccsc1C=O. The second-order valence-corrected chi connectivity index (χ2v) is 2.39. The van der Waals surface area contributed by atoms with Crippen LogP contribution in [0.4, 0.5) is 5.69 Å². The van der Waals surface area contributed by atoms with Crippen molar-refractivity contribution >= 4 is 30.0 Å². The molecule has 3 heteroatoms. The van der Waals surface area contributed by atoms with Crippen LogP contribution in [0, 0.1) is 0 Å². The highest BCUT2D eigenvalue weighted by molar-refractivity contribution is 7.12. The van der Waals surface area contributed by atoms with E-state index in [9.17, 15) is 4.79 Å². The Morgan fingerprint density at radius 3 is 3.00 bits per heavy atom. The molecule has 0 atom stereocenters. The Labute approximate surface area is 56.9 Å². The summed E-state index contributed by atoms with van der Waals surface area (Å²) in [6.07, 6.45) is 0.786. The molecular weight excluding hydrogens is 134 g/mol. The molecule has 0 amide bonds. The van der Waals surface area contributed by atoms with Crippen LogP contribution < -0.4 is 0 Å². The number of thiophene rings is 1. The molecule has 46 valence electrons. The molecule has 0 fully saturated rings. The summed E-state index contributed by atoms with van der Waals surface area (Å²) in [7, 11) is 0. The fourth-order valence-electron chi connectivity index (χ4n) is 0.533. The molecule has 0 spiro atoms. The van der Waals surface area contributed by atoms with Crippen molar-refractivity contribution in [1.82, 2.24) is 0 Å². The lowest BCUT2D eigenvalue weighted by Crippen LogP contribution is -1.67. The third-order valence-electron chi connectivity index (χ3n) is 0.951. The van der Waals surface area contributed by atoms with Gasteiger partial charge in [0.1, 0.15) is 0 Å². The monoisotopic (exact) mass is 139 g/mol. The molecule has 0 saturated heterocycles. The molecule has 1 aromatic rings. The van der Waals surface area contributed by atoms with E-state index in [4.69, 9.17) is 0 Å². The van der Waals surface area contributed by atoms with Crippen LogP contribution in [0.15, 0.2) is 16.4 Å². The van der Waals surface area contributed by atoms with E-state index in [0.29, 0.717) is 10.6 Å². The topological polar surface area (TPSA) is 29.4 Å². The molecule has 0 saturated carbocycles. The van der Waals surface area contributed by atoms with Crippen LogP contribution in [0.5, 0.6) is 0 Å². The van der Waals surface area contributed by atoms with Crippen LogP contribution in [0.25, 0.3) is 0 Å². The summed E-state index contributed by atoms with van der Waals surface area (Å²) < 4.78 is 0. The average molecular weight is 139 g/mol. The first-order valence-electron chi connectivity index (χ1n) is 2.38. The predicted octanol–water partition coefficient (Wildman–Crippen LogP) is 1.89. The maximum Gasteiger partial charge on any atom is 0.162 e. The highest BCUT2D eigenvalue weighted by Crippen LogP contribution is 2.21. The lowest BCUT2D eigenvalue weighted by atomic mass is 10.4. The average Bonchev–Trinajstić information content (AvgIpc) is 2.33. The molecule has 9 heavy (non-hydrogen) atoms. The van der Waals surface area contributed by atoms with E-state index >= 15 is 0 Å². The molecule has 1 rings (SSSR count). The van der Waals surface area contributed by atoms with Crippen LogP contribution in [0.2, 0.25) is 0 Å². The summed E-state index contributed by atoms with van der Waals surface area (Å²) in [6, 6.07) is 1.77. The van der Waals surface area contributed by atoms with E-state index in [1.807, 2.05) is 5.38 Å². The zero-order valence-corrected chi connectivity index (χ0v) is 5.52. The van der Waals surface area contributed by atoms with Gasteiger partial charge in [0.2, 0.25) is 0 Å². The first-order valence-corrected chi connectivity index (χ1v) is 3.26. The molecule has 0 unspecified atom stereocenters. The van der Waals surface area contributed by atoms with E-state index in [1.165, 1.54) is 11.3 Å². The number of rotatable bonds is 2. The third-order valence-corrected chi connectivity index (χ3v) is 1.78. The number of nitrogens with zero attached hydrogens (tertiary/aromatic N) is 1. The van der Waals surface area contributed by atoms with Crippen molar-refractivity contribution in [2.45, 2.75) is 0 Å². The van der Waals surface area contributed by atoms with E-state index in [1.54, 1.807) is 6.07 Å². The standard InChI is InChI=1S/C6H5NOS/c1-7-5-2-3-9-6(5)4-8/h2-4H,1H2. The van der Waals surface area contributed by atoms with Gasteiger partial charge in [-0.15, -0.1) is 11.3 Å². The predicted molar refractivity (Wildman–Crippen MR) is 38.9 cm³/mol. The summed E-state index contributed by atoms with van der Waals surface area (Å²) in [5.41, 5.74) is 0.676. The number of aliphatic imine (C=N–C) groups is 1. The van der Waals surface area contributed by atoms with Crippen molar-refractivity contribution < 1.29 is 4.79 Å². The Morgan fingerprint density at radius 1 is 1.78 bits per heavy atom. The van der Waals surface area contributed by atoms with Crippen molar-refractivity contribution in [2.75, 3.05) is 0 Å². The Hall–Kier alpha value is -0.960. The maximum atomic E-state index is 10.2. The lowest BCUT2D eigenvalue weighted by molar-refractivity contribution is 0.112. The van der Waals surface area contributed by atoms with Gasteiger partial charge >= 0.3 is 0 Å². The molecule has 0 N–H and O–H groups in total. The van der Waals surface area contributed by atoms with E-state index in [-0.39, 0.29) is 0 Å². The van der Waals surface area contributed by atoms with Gasteiger partial charge in [0.15, 0.2) is 6.29 Å². The lowest BCUT2D eigenvalue weighted by Gasteiger charge is -1.81. The van der Waals surface area contributed by atoms with Gasteiger partial charge in [-0.05, 0) is 18.2 Å². The number of carbonyl (C=O) groups is 1. The van der Waals surface area contributed by atoms with Crippen LogP contribution in [0.1, 0.15) is 9.67 Å². The molecule has 0 aliphatic carbocycles. The van der Waals surface area contributed by atoms with Gasteiger partial charge in [0.25, 0.3) is 0 Å². The van der Waals surface area contributed by atoms with Gasteiger partial charge in [-0.3, -0.25) is 9.79 Å². The second-order valence-electron chi connectivity index (χ2n) is 1.45. The minimum atomic E-state index is 0.644. The summed E-state index contributed by atoms with van der Waals surface area (Å²) >= 11 is 1.37. The Kier molecular flexibility index (Phi) is 1.75. The smallest absolute Gasteiger partial charge is 0.162 e. The number of carbonyl (C=O) groups excluding carboxylic acids is 1. The summed E-state index contributed by atoms with van der Waals surface area (Å²) in [4.78, 5) is 14.4. The molecule has 0 aliphatic heterocycles. The molecule has 2 nitrogen and oxygen atoms in total. The Balaban J connectivity index is 3.12. The van der Waals surface area contributed by atoms with Gasteiger partial charge in [-0.25, -0.2) is 0 Å². The molecular formula is C6H5NOS. The van der Waals surface area contributed by atoms with Crippen LogP contribution in [-0.4, -0.2) is 13.0 Å². The van der Waals surface area contributed by atoms with E-state index < -0.39 is 0 Å². The van der Waals surface area contributed by atoms with Crippen molar-refractivity contribution in [3.8, 4) is 0 Å². The van der Waals surface area contributed by atoms with Gasteiger partial charge in [-0.2, -0.15) is 0 Å². The number of hydrogen-bond donors (Lipinski definition) is 0. The molecule has 0 aromatic carbocycles. The van der Waals surface area contributed by atoms with Crippen molar-refractivity contribution in [2.24, 2.45) is 4.99 Å². The Morgan fingerprint density at radius 2 is 2.56 bits per heavy atom. The molecule has 1 heterocycles. The highest BCUT2D eigenvalue weighted by Gasteiger charge is 1.97. The number of aldehydes is 1. The van der Waals surface area contributed by atoms with Crippen molar-refractivity contribution in [3.05, 3.63) is 16.3 Å². The first-order chi connectivity index (χ1) is 4.38. The van der Waals surface area contributed by atoms with Crippen LogP contribution in [-0.2, 0) is 0 Å². The van der Waals surface area contributed by atoms with Gasteiger partial charge in [0.05, 0.1) is 10.6 Å². The van der Waals surface area contributed by atoms with Gasteiger partial charge < -0.3 is 0 Å². The fraction of sp³-hybridized carbons (Fsp3) is 0. The van der Waals surface area contributed by atoms with Gasteiger partial charge in [0, 0.05) is 0 Å². The van der Waals surface area contributed by atoms with E-state index in [0.717, 1.165) is 6.29 Å². The molecule has 0 radical (unpaired) electrons. The maximum absolute atomic E-state index is 10.2. The van der Waals surface area contributed by atoms with Crippen LogP contribution in [0.3, 0.4) is 0 Å². The third kappa shape index (κ3) is 1.05. The molecule has 0 bridgehead atoms. The quantitative estimate of drug-likeness (QED) is 0.454. The zero-order valence-electron chi connectivity index (χ0n) is 4.70. The Bertz CT molecular complexity index is 206. The minimum Gasteiger partial charge on any atom is -0.297 e. The highest BCUT2D eigenvalue weighted by atomic mass is 32.1. The molecule has 1 aromatic heterocycles. The van der Waals surface area contributed by atoms with Crippen molar-refractivity contribution in [1.29, 1.82) is 0 Å². The molecule has 0 aliphatic rings.